The third-order valence-electron chi connectivity index (χ3n) is 5.60. The molecule has 1 atom stereocenters. The lowest BCUT2D eigenvalue weighted by Gasteiger charge is -2.12. The second kappa shape index (κ2) is 11.3. The van der Waals surface area contributed by atoms with Gasteiger partial charge < -0.3 is 15.7 Å². The zero-order valence-electron chi connectivity index (χ0n) is 18.8. The highest BCUT2D eigenvalue weighted by molar-refractivity contribution is 6.19. The van der Waals surface area contributed by atoms with Crippen LogP contribution < -0.4 is 10.6 Å². The molecule has 172 valence electrons. The fourth-order valence-corrected chi connectivity index (χ4v) is 3.78. The Bertz CT molecular complexity index is 1200. The Labute approximate surface area is 199 Å². The lowest BCUT2D eigenvalue weighted by molar-refractivity contribution is -0.118. The van der Waals surface area contributed by atoms with Crippen LogP contribution in [0.2, 0.25) is 0 Å². The fraction of sp³-hybridized carbons (Fsp3) is 0.179. The second-order valence-electron chi connectivity index (χ2n) is 8.06. The molecule has 0 aromatic heterocycles. The van der Waals surface area contributed by atoms with Crippen molar-refractivity contribution in [3.05, 3.63) is 107 Å². The second-order valence-corrected chi connectivity index (χ2v) is 8.06. The minimum atomic E-state index is -0.494. The molecule has 0 saturated carbocycles. The van der Waals surface area contributed by atoms with E-state index in [9.17, 15) is 9.59 Å². The molecule has 0 spiro atoms. The smallest absolute Gasteiger partial charge is 0.249 e. The molecule has 1 aliphatic rings. The van der Waals surface area contributed by atoms with Crippen molar-refractivity contribution in [1.29, 1.82) is 0 Å². The Morgan fingerprint density at radius 1 is 1.00 bits per heavy atom. The van der Waals surface area contributed by atoms with Gasteiger partial charge in [-0.1, -0.05) is 78.9 Å². The first kappa shape index (κ1) is 23.3. The van der Waals surface area contributed by atoms with Gasteiger partial charge in [-0.15, -0.1) is 0 Å². The highest BCUT2D eigenvalue weighted by Crippen LogP contribution is 2.24. The van der Waals surface area contributed by atoms with Crippen LogP contribution in [0.15, 0.2) is 89.9 Å². The molecular weight excluding hydrogens is 426 g/mol. The maximum Gasteiger partial charge on any atom is 0.249 e. The largest absolute Gasteiger partial charge is 0.388 e. The number of ketones is 1. The molecule has 1 heterocycles. The van der Waals surface area contributed by atoms with E-state index in [1.807, 2.05) is 78.9 Å². The van der Waals surface area contributed by atoms with Gasteiger partial charge in [0.05, 0.1) is 11.4 Å². The molecular formula is C28H27N3O3. The Morgan fingerprint density at radius 3 is 2.50 bits per heavy atom. The van der Waals surface area contributed by atoms with Gasteiger partial charge in [0.2, 0.25) is 5.91 Å². The summed E-state index contributed by atoms with van der Waals surface area (Å²) in [5.41, 5.74) is 5.50. The minimum absolute atomic E-state index is 0.103. The number of rotatable bonds is 9. The topological polar surface area (TPSA) is 90.8 Å². The number of aliphatic hydroxyl groups is 1. The van der Waals surface area contributed by atoms with E-state index in [1.165, 1.54) is 6.08 Å². The molecule has 0 saturated heterocycles. The molecule has 1 amide bonds. The Morgan fingerprint density at radius 2 is 1.74 bits per heavy atom. The maximum absolute atomic E-state index is 12.9. The summed E-state index contributed by atoms with van der Waals surface area (Å²) in [5.74, 6) is -0.428. The molecule has 3 N–H and O–H groups in total. The summed E-state index contributed by atoms with van der Waals surface area (Å²) in [7, 11) is 0. The first-order valence-corrected chi connectivity index (χ1v) is 11.3. The molecule has 1 unspecified atom stereocenters. The van der Waals surface area contributed by atoms with Crippen molar-refractivity contribution < 1.29 is 14.7 Å². The van der Waals surface area contributed by atoms with Gasteiger partial charge in [-0.25, -0.2) is 0 Å². The average molecular weight is 454 g/mol. The highest BCUT2D eigenvalue weighted by atomic mass is 16.3. The van der Waals surface area contributed by atoms with Crippen LogP contribution in [-0.4, -0.2) is 41.7 Å². The molecule has 34 heavy (non-hydrogen) atoms. The monoisotopic (exact) mass is 453 g/mol. The van der Waals surface area contributed by atoms with Crippen molar-refractivity contribution in [2.75, 3.05) is 18.5 Å². The van der Waals surface area contributed by atoms with E-state index in [-0.39, 0.29) is 11.7 Å². The molecule has 4 rings (SSSR count). The predicted molar refractivity (Wildman–Crippen MR) is 135 cm³/mol. The summed E-state index contributed by atoms with van der Waals surface area (Å²) in [6.45, 7) is 0.802. The van der Waals surface area contributed by atoms with E-state index in [4.69, 9.17) is 10.1 Å². The molecule has 6 heteroatoms. The van der Waals surface area contributed by atoms with Gasteiger partial charge in [0.15, 0.2) is 5.78 Å². The summed E-state index contributed by atoms with van der Waals surface area (Å²) in [6, 6.07) is 25.0. The predicted octanol–water partition coefficient (Wildman–Crippen LogP) is 3.60. The number of carbonyl (C=O) groups excluding carboxylic acids is 2. The summed E-state index contributed by atoms with van der Waals surface area (Å²) in [5, 5.41) is 15.2. The van der Waals surface area contributed by atoms with Gasteiger partial charge in [0.1, 0.15) is 12.6 Å². The van der Waals surface area contributed by atoms with E-state index < -0.39 is 12.6 Å². The van der Waals surface area contributed by atoms with E-state index in [2.05, 4.69) is 10.6 Å². The van der Waals surface area contributed by atoms with Crippen LogP contribution in [0.1, 0.15) is 28.7 Å². The van der Waals surface area contributed by atoms with E-state index in [0.29, 0.717) is 19.5 Å². The number of nitrogens with one attached hydrogen (secondary N) is 2. The summed E-state index contributed by atoms with van der Waals surface area (Å²) < 4.78 is 0. The van der Waals surface area contributed by atoms with E-state index in [1.54, 1.807) is 6.08 Å². The molecule has 0 fully saturated rings. The molecule has 3 aromatic carbocycles. The van der Waals surface area contributed by atoms with Gasteiger partial charge >= 0.3 is 0 Å². The Balaban J connectivity index is 1.39. The SMILES string of the molecule is O=C(/C=C/c1ccc(CNCCC2N=C(c3ccccc3)c3ccccc3NC2=O)cc1)CO. The van der Waals surface area contributed by atoms with Crippen LogP contribution in [0.4, 0.5) is 5.69 Å². The molecule has 3 aromatic rings. The zero-order chi connectivity index (χ0) is 23.8. The van der Waals surface area contributed by atoms with E-state index >= 15 is 0 Å². The van der Waals surface area contributed by atoms with Crippen molar-refractivity contribution in [2.45, 2.75) is 19.0 Å². The van der Waals surface area contributed by atoms with Gasteiger partial charge in [-0.3, -0.25) is 14.6 Å². The fourth-order valence-electron chi connectivity index (χ4n) is 3.78. The highest BCUT2D eigenvalue weighted by Gasteiger charge is 2.25. The number of para-hydroxylation sites is 1. The number of hydrogen-bond donors (Lipinski definition) is 3. The van der Waals surface area contributed by atoms with Crippen LogP contribution in [0.25, 0.3) is 6.08 Å². The molecule has 0 radical (unpaired) electrons. The molecule has 6 nitrogen and oxygen atoms in total. The number of anilines is 1. The normalized spacial score (nSPS) is 15.4. The number of benzene rings is 3. The van der Waals surface area contributed by atoms with Crippen molar-refractivity contribution in [2.24, 2.45) is 4.99 Å². The summed E-state index contributed by atoms with van der Waals surface area (Å²) in [4.78, 5) is 29.0. The number of fused-ring (bicyclic) bond motifs is 1. The van der Waals surface area contributed by atoms with Crippen LogP contribution in [0.5, 0.6) is 0 Å². The lowest BCUT2D eigenvalue weighted by atomic mass is 10.0. The number of carbonyl (C=O) groups is 2. The first-order chi connectivity index (χ1) is 16.6. The number of hydrogen-bond acceptors (Lipinski definition) is 5. The van der Waals surface area contributed by atoms with E-state index in [0.717, 1.165) is 33.7 Å². The summed E-state index contributed by atoms with van der Waals surface area (Å²) >= 11 is 0. The van der Waals surface area contributed by atoms with Gasteiger partial charge in [-0.05, 0) is 36.2 Å². The minimum Gasteiger partial charge on any atom is -0.388 e. The number of amides is 1. The first-order valence-electron chi connectivity index (χ1n) is 11.3. The maximum atomic E-state index is 12.9. The molecule has 0 aliphatic carbocycles. The number of aliphatic imine (C=N–C) groups is 1. The van der Waals surface area contributed by atoms with Crippen molar-refractivity contribution >= 4 is 29.2 Å². The van der Waals surface area contributed by atoms with Crippen molar-refractivity contribution in [3.63, 3.8) is 0 Å². The zero-order valence-corrected chi connectivity index (χ0v) is 18.8. The summed E-state index contributed by atoms with van der Waals surface area (Å²) in [6.07, 6.45) is 3.62. The molecule has 1 aliphatic heterocycles. The Hall–Kier alpha value is -3.87. The lowest BCUT2D eigenvalue weighted by Crippen LogP contribution is -2.29. The standard InChI is InChI=1S/C28H27N3O3/c32-19-23(33)15-14-20-10-12-21(13-11-20)18-29-17-16-26-28(34)31-25-9-5-4-8-24(25)27(30-26)22-6-2-1-3-7-22/h1-15,26,29,32H,16-19H2,(H,31,34)/b15-14+. The van der Waals surface area contributed by atoms with Crippen molar-refractivity contribution in [3.8, 4) is 0 Å². The third kappa shape index (κ3) is 5.92. The van der Waals surface area contributed by atoms with Crippen LogP contribution in [-0.2, 0) is 16.1 Å². The van der Waals surface area contributed by atoms with Gasteiger partial charge in [-0.2, -0.15) is 0 Å². The van der Waals surface area contributed by atoms with Crippen molar-refractivity contribution in [1.82, 2.24) is 5.32 Å². The van der Waals surface area contributed by atoms with Gasteiger partial charge in [0, 0.05) is 17.7 Å². The van der Waals surface area contributed by atoms with Crippen LogP contribution in [0, 0.1) is 0 Å². The number of aliphatic hydroxyl groups excluding tert-OH is 1. The van der Waals surface area contributed by atoms with Crippen LogP contribution in [0.3, 0.4) is 0 Å². The van der Waals surface area contributed by atoms with Crippen LogP contribution >= 0.6 is 0 Å². The quantitative estimate of drug-likeness (QED) is 0.341. The average Bonchev–Trinajstić information content (AvgIpc) is 3.02. The molecule has 0 bridgehead atoms. The number of nitrogens with zero attached hydrogens (tertiary/aromatic N) is 1. The Kier molecular flexibility index (Phi) is 7.75. The third-order valence-corrected chi connectivity index (χ3v) is 5.60. The number of benzodiazepines with no additional fused rings is 1. The van der Waals surface area contributed by atoms with Gasteiger partial charge in [0.25, 0.3) is 0 Å².